The lowest BCUT2D eigenvalue weighted by molar-refractivity contribution is -0.125. The van der Waals surface area contributed by atoms with Crippen molar-refractivity contribution < 1.29 is 32.2 Å². The number of amides is 1. The van der Waals surface area contributed by atoms with Crippen LogP contribution in [0.5, 0.6) is 5.75 Å². The van der Waals surface area contributed by atoms with E-state index in [0.717, 1.165) is 5.56 Å². The number of hydrogen-bond acceptors (Lipinski definition) is 6. The van der Waals surface area contributed by atoms with Crippen molar-refractivity contribution >= 4 is 15.9 Å². The van der Waals surface area contributed by atoms with E-state index in [1.807, 2.05) is 0 Å². The Kier molecular flexibility index (Phi) is 7.97. The van der Waals surface area contributed by atoms with Crippen LogP contribution in [-0.2, 0) is 26.1 Å². The molecular formula is C22H25FN2O6S. The first kappa shape index (κ1) is 23.9. The first-order valence-electron chi connectivity index (χ1n) is 9.93. The molecule has 0 spiro atoms. The van der Waals surface area contributed by atoms with Crippen molar-refractivity contribution in [3.8, 4) is 5.75 Å². The Morgan fingerprint density at radius 1 is 1.19 bits per heavy atom. The van der Waals surface area contributed by atoms with Gasteiger partial charge < -0.3 is 19.9 Å². The average Bonchev–Trinajstić information content (AvgIpc) is 2.79. The maximum atomic E-state index is 12.9. The van der Waals surface area contributed by atoms with E-state index >= 15 is 0 Å². The number of carbonyl (C=O) groups is 1. The molecule has 0 saturated heterocycles. The lowest BCUT2D eigenvalue weighted by Gasteiger charge is -2.31. The molecule has 172 valence electrons. The van der Waals surface area contributed by atoms with Gasteiger partial charge in [-0.25, -0.2) is 17.5 Å². The first-order valence-corrected chi connectivity index (χ1v) is 11.4. The molecule has 2 aromatic carbocycles. The minimum absolute atomic E-state index is 0.0104. The predicted octanol–water partition coefficient (Wildman–Crippen LogP) is 1.50. The second kappa shape index (κ2) is 10.7. The number of carbonyl (C=O) groups excluding carboxylic acids is 1. The third-order valence-corrected chi connectivity index (χ3v) is 6.35. The van der Waals surface area contributed by atoms with Crippen molar-refractivity contribution in [1.82, 2.24) is 10.0 Å². The molecule has 1 aliphatic heterocycles. The molecule has 0 fully saturated rings. The van der Waals surface area contributed by atoms with Gasteiger partial charge in [-0.05, 0) is 29.8 Å². The molecular weight excluding hydrogens is 439 g/mol. The van der Waals surface area contributed by atoms with Gasteiger partial charge >= 0.3 is 0 Å². The number of ether oxygens (including phenoxy) is 2. The number of rotatable bonds is 9. The Balaban J connectivity index is 1.59. The van der Waals surface area contributed by atoms with E-state index in [4.69, 9.17) is 9.47 Å². The van der Waals surface area contributed by atoms with Crippen LogP contribution in [0.2, 0.25) is 0 Å². The van der Waals surface area contributed by atoms with Crippen LogP contribution in [0.1, 0.15) is 12.0 Å². The maximum Gasteiger partial charge on any atom is 0.241 e. The first-order chi connectivity index (χ1) is 15.3. The molecule has 3 N–H and O–H groups in total. The van der Waals surface area contributed by atoms with Crippen molar-refractivity contribution in [3.63, 3.8) is 0 Å². The van der Waals surface area contributed by atoms with Crippen LogP contribution >= 0.6 is 0 Å². The maximum absolute atomic E-state index is 12.9. The summed E-state index contributed by atoms with van der Waals surface area (Å²) >= 11 is 0. The molecule has 1 aliphatic rings. The molecule has 3 atom stereocenters. The highest BCUT2D eigenvalue weighted by Gasteiger charge is 2.31. The van der Waals surface area contributed by atoms with Crippen molar-refractivity contribution in [2.45, 2.75) is 36.1 Å². The van der Waals surface area contributed by atoms with Gasteiger partial charge in [0.15, 0.2) is 0 Å². The summed E-state index contributed by atoms with van der Waals surface area (Å²) in [7, 11) is -2.46. The Morgan fingerprint density at radius 2 is 1.94 bits per heavy atom. The van der Waals surface area contributed by atoms with Crippen molar-refractivity contribution in [3.05, 3.63) is 72.1 Å². The van der Waals surface area contributed by atoms with Gasteiger partial charge in [-0.2, -0.15) is 0 Å². The van der Waals surface area contributed by atoms with Crippen molar-refractivity contribution in [1.29, 1.82) is 0 Å². The number of halogens is 1. The zero-order chi connectivity index (χ0) is 23.1. The number of methoxy groups -OCH3 is 1. The fraction of sp³-hybridized carbons (Fsp3) is 0.318. The number of benzene rings is 2. The Bertz CT molecular complexity index is 1060. The summed E-state index contributed by atoms with van der Waals surface area (Å²) in [5.74, 6) is -0.253. The molecule has 3 rings (SSSR count). The number of sulfonamides is 1. The second-order valence-corrected chi connectivity index (χ2v) is 8.93. The number of aliphatic hydroxyl groups excluding tert-OH is 1. The molecule has 2 aromatic rings. The SMILES string of the molecule is COc1cccc(S(=O)(=O)N[C@H]2C=C[C@@H](CC(=O)NCc3ccc(F)cc3)O[C@@H]2CO)c1. The normalized spacial score (nSPS) is 20.7. The summed E-state index contributed by atoms with van der Waals surface area (Å²) in [5.41, 5.74) is 0.750. The van der Waals surface area contributed by atoms with Crippen molar-refractivity contribution in [2.24, 2.45) is 0 Å². The van der Waals surface area contributed by atoms with Crippen LogP contribution in [0.4, 0.5) is 4.39 Å². The van der Waals surface area contributed by atoms with E-state index in [2.05, 4.69) is 10.0 Å². The van der Waals surface area contributed by atoms with Gasteiger partial charge in [0.1, 0.15) is 17.7 Å². The van der Waals surface area contributed by atoms with E-state index in [1.165, 1.54) is 31.4 Å². The van der Waals surface area contributed by atoms with Gasteiger partial charge in [0.05, 0.1) is 37.2 Å². The van der Waals surface area contributed by atoms with Gasteiger partial charge in [0, 0.05) is 12.6 Å². The number of nitrogens with one attached hydrogen (secondary N) is 2. The topological polar surface area (TPSA) is 114 Å². The van der Waals surface area contributed by atoms with Crippen LogP contribution in [0.3, 0.4) is 0 Å². The van der Waals surface area contributed by atoms with Crippen LogP contribution in [0.15, 0.2) is 65.6 Å². The molecule has 1 heterocycles. The lowest BCUT2D eigenvalue weighted by atomic mass is 10.1. The number of hydrogen-bond donors (Lipinski definition) is 3. The molecule has 0 saturated carbocycles. The average molecular weight is 465 g/mol. The fourth-order valence-electron chi connectivity index (χ4n) is 3.18. The van der Waals surface area contributed by atoms with E-state index in [0.29, 0.717) is 5.75 Å². The van der Waals surface area contributed by atoms with E-state index in [-0.39, 0.29) is 29.6 Å². The molecule has 32 heavy (non-hydrogen) atoms. The highest BCUT2D eigenvalue weighted by atomic mass is 32.2. The molecule has 1 amide bonds. The van der Waals surface area contributed by atoms with Crippen LogP contribution in [0.25, 0.3) is 0 Å². The third-order valence-electron chi connectivity index (χ3n) is 4.90. The molecule has 10 heteroatoms. The van der Waals surface area contributed by atoms with Gasteiger partial charge in [0.2, 0.25) is 15.9 Å². The van der Waals surface area contributed by atoms with Crippen LogP contribution < -0.4 is 14.8 Å². The zero-order valence-corrected chi connectivity index (χ0v) is 18.2. The molecule has 0 aliphatic carbocycles. The lowest BCUT2D eigenvalue weighted by Crippen LogP contribution is -2.49. The summed E-state index contributed by atoms with van der Waals surface area (Å²) in [6.45, 7) is -0.203. The van der Waals surface area contributed by atoms with Gasteiger partial charge in [-0.1, -0.05) is 30.4 Å². The summed E-state index contributed by atoms with van der Waals surface area (Å²) in [4.78, 5) is 12.2. The highest BCUT2D eigenvalue weighted by molar-refractivity contribution is 7.89. The molecule has 0 unspecified atom stereocenters. The van der Waals surface area contributed by atoms with Gasteiger partial charge in [-0.3, -0.25) is 4.79 Å². The summed E-state index contributed by atoms with van der Waals surface area (Å²) in [6.07, 6.45) is 1.65. The van der Waals surface area contributed by atoms with E-state index in [1.54, 1.807) is 36.4 Å². The van der Waals surface area contributed by atoms with E-state index < -0.39 is 34.9 Å². The Labute approximate surface area is 186 Å². The minimum Gasteiger partial charge on any atom is -0.497 e. The Hall–Kier alpha value is -2.79. The van der Waals surface area contributed by atoms with Gasteiger partial charge in [-0.15, -0.1) is 0 Å². The van der Waals surface area contributed by atoms with Crippen LogP contribution in [0, 0.1) is 5.82 Å². The summed E-state index contributed by atoms with van der Waals surface area (Å²) in [6, 6.07) is 11.0. The largest absolute Gasteiger partial charge is 0.497 e. The van der Waals surface area contributed by atoms with Crippen LogP contribution in [-0.4, -0.2) is 51.4 Å². The second-order valence-electron chi connectivity index (χ2n) is 7.21. The monoisotopic (exact) mass is 464 g/mol. The van der Waals surface area contributed by atoms with E-state index in [9.17, 15) is 22.7 Å². The molecule has 0 aromatic heterocycles. The molecule has 0 bridgehead atoms. The van der Waals surface area contributed by atoms with Gasteiger partial charge in [0.25, 0.3) is 0 Å². The summed E-state index contributed by atoms with van der Waals surface area (Å²) < 4.78 is 51.6. The van der Waals surface area contributed by atoms with Crippen molar-refractivity contribution in [2.75, 3.05) is 13.7 Å². The number of aliphatic hydroxyl groups is 1. The Morgan fingerprint density at radius 3 is 2.62 bits per heavy atom. The highest BCUT2D eigenvalue weighted by Crippen LogP contribution is 2.20. The predicted molar refractivity (Wildman–Crippen MR) is 115 cm³/mol. The standard InChI is InChI=1S/C22H25FN2O6S/c1-30-17-3-2-4-19(11-17)32(28,29)25-20-10-9-18(31-21(20)14-26)12-22(27)24-13-15-5-7-16(23)8-6-15/h2-11,18,20-21,25-26H,12-14H2,1H3,(H,24,27)/t18-,20-,21+/m0/s1. The zero-order valence-electron chi connectivity index (χ0n) is 17.4. The molecule has 0 radical (unpaired) electrons. The third kappa shape index (κ3) is 6.36. The minimum atomic E-state index is -3.90. The summed E-state index contributed by atoms with van der Waals surface area (Å²) in [5, 5.41) is 12.4. The quantitative estimate of drug-likeness (QED) is 0.485. The fourth-order valence-corrected chi connectivity index (χ4v) is 4.44. The smallest absolute Gasteiger partial charge is 0.241 e. The molecule has 8 nitrogen and oxygen atoms in total.